The fraction of sp³-hybridized carbons (Fsp3) is 0.467. The smallest absolute Gasteiger partial charge is 0.256 e. The standard InChI is InChI=1S/C15H19FN2O4/c1-21-10-14(19)17-5-7-18(8-6-17)15(20)12-4-3-11(22-2)9-13(12)16/h3-4,9H,5-8,10H2,1-2H3. The maximum atomic E-state index is 13.9. The van der Waals surface area contributed by atoms with Crippen molar-refractivity contribution in [2.24, 2.45) is 0 Å². The van der Waals surface area contributed by atoms with Crippen molar-refractivity contribution in [2.75, 3.05) is 47.0 Å². The van der Waals surface area contributed by atoms with Crippen molar-refractivity contribution in [3.8, 4) is 5.75 Å². The Morgan fingerprint density at radius 3 is 2.32 bits per heavy atom. The summed E-state index contributed by atoms with van der Waals surface area (Å²) in [6.07, 6.45) is 0. The molecule has 22 heavy (non-hydrogen) atoms. The van der Waals surface area contributed by atoms with Gasteiger partial charge in [-0.3, -0.25) is 9.59 Å². The predicted octanol–water partition coefficient (Wildman–Crippen LogP) is 0.765. The zero-order valence-electron chi connectivity index (χ0n) is 12.7. The van der Waals surface area contributed by atoms with Crippen LogP contribution in [0.1, 0.15) is 10.4 Å². The number of carbonyl (C=O) groups excluding carboxylic acids is 2. The van der Waals surface area contributed by atoms with E-state index < -0.39 is 5.82 Å². The van der Waals surface area contributed by atoms with E-state index in [-0.39, 0.29) is 24.0 Å². The second kappa shape index (κ2) is 7.22. The quantitative estimate of drug-likeness (QED) is 0.824. The maximum Gasteiger partial charge on any atom is 0.256 e. The molecule has 1 aromatic rings. The van der Waals surface area contributed by atoms with Gasteiger partial charge in [0.1, 0.15) is 18.2 Å². The van der Waals surface area contributed by atoms with Crippen LogP contribution in [0.4, 0.5) is 4.39 Å². The molecule has 7 heteroatoms. The highest BCUT2D eigenvalue weighted by molar-refractivity contribution is 5.94. The number of hydrogen-bond acceptors (Lipinski definition) is 4. The van der Waals surface area contributed by atoms with Gasteiger partial charge < -0.3 is 19.3 Å². The van der Waals surface area contributed by atoms with Crippen molar-refractivity contribution in [3.63, 3.8) is 0 Å². The highest BCUT2D eigenvalue weighted by Gasteiger charge is 2.26. The summed E-state index contributed by atoms with van der Waals surface area (Å²) in [7, 11) is 2.90. The van der Waals surface area contributed by atoms with E-state index in [0.717, 1.165) is 0 Å². The lowest BCUT2D eigenvalue weighted by molar-refractivity contribution is -0.136. The molecule has 1 aliphatic heterocycles. The third-order valence-electron chi connectivity index (χ3n) is 3.59. The molecule has 0 atom stereocenters. The molecule has 1 aromatic carbocycles. The number of rotatable bonds is 4. The van der Waals surface area contributed by atoms with Crippen molar-refractivity contribution >= 4 is 11.8 Å². The Hall–Kier alpha value is -2.15. The maximum absolute atomic E-state index is 13.9. The van der Waals surface area contributed by atoms with Crippen LogP contribution >= 0.6 is 0 Å². The van der Waals surface area contributed by atoms with Gasteiger partial charge in [0, 0.05) is 39.4 Å². The number of halogens is 1. The molecule has 6 nitrogen and oxygen atoms in total. The van der Waals surface area contributed by atoms with Crippen molar-refractivity contribution in [1.82, 2.24) is 9.80 Å². The minimum Gasteiger partial charge on any atom is -0.497 e. The highest BCUT2D eigenvalue weighted by atomic mass is 19.1. The zero-order valence-corrected chi connectivity index (χ0v) is 12.7. The van der Waals surface area contributed by atoms with E-state index in [1.165, 1.54) is 26.4 Å². The van der Waals surface area contributed by atoms with Gasteiger partial charge in [-0.05, 0) is 12.1 Å². The van der Waals surface area contributed by atoms with Crippen molar-refractivity contribution < 1.29 is 23.5 Å². The van der Waals surface area contributed by atoms with Crippen LogP contribution in [0.5, 0.6) is 5.75 Å². The van der Waals surface area contributed by atoms with Gasteiger partial charge in [0.25, 0.3) is 5.91 Å². The number of carbonyl (C=O) groups is 2. The van der Waals surface area contributed by atoms with E-state index >= 15 is 0 Å². The van der Waals surface area contributed by atoms with E-state index in [4.69, 9.17) is 9.47 Å². The van der Waals surface area contributed by atoms with Crippen LogP contribution in [0, 0.1) is 5.82 Å². The first-order chi connectivity index (χ1) is 10.6. The molecule has 0 saturated carbocycles. The fourth-order valence-corrected chi connectivity index (χ4v) is 2.34. The molecule has 0 unspecified atom stereocenters. The molecule has 0 N–H and O–H groups in total. The Morgan fingerprint density at radius 2 is 1.77 bits per heavy atom. The Kier molecular flexibility index (Phi) is 5.32. The van der Waals surface area contributed by atoms with Crippen molar-refractivity contribution in [1.29, 1.82) is 0 Å². The Balaban J connectivity index is 1.99. The first kappa shape index (κ1) is 16.2. The molecule has 0 radical (unpaired) electrons. The lowest BCUT2D eigenvalue weighted by Crippen LogP contribution is -2.51. The molecule has 1 heterocycles. The van der Waals surface area contributed by atoms with Gasteiger partial charge in [-0.1, -0.05) is 0 Å². The SMILES string of the molecule is COCC(=O)N1CCN(C(=O)c2ccc(OC)cc2F)CC1. The second-order valence-electron chi connectivity index (χ2n) is 4.95. The van der Waals surface area contributed by atoms with Crippen LogP contribution in [-0.4, -0.2) is 68.6 Å². The highest BCUT2D eigenvalue weighted by Crippen LogP contribution is 2.18. The normalized spacial score (nSPS) is 14.9. The summed E-state index contributed by atoms with van der Waals surface area (Å²) in [5, 5.41) is 0. The average Bonchev–Trinajstić information content (AvgIpc) is 2.54. The molecule has 120 valence electrons. The molecule has 1 aliphatic rings. The Morgan fingerprint density at radius 1 is 1.14 bits per heavy atom. The largest absolute Gasteiger partial charge is 0.497 e. The summed E-state index contributed by atoms with van der Waals surface area (Å²) in [5.41, 5.74) is 0.0115. The zero-order chi connectivity index (χ0) is 16.1. The van der Waals surface area contributed by atoms with Gasteiger partial charge in [-0.15, -0.1) is 0 Å². The average molecular weight is 310 g/mol. The lowest BCUT2D eigenvalue weighted by Gasteiger charge is -2.34. The van der Waals surface area contributed by atoms with Gasteiger partial charge in [0.05, 0.1) is 12.7 Å². The van der Waals surface area contributed by atoms with Crippen LogP contribution in [0.15, 0.2) is 18.2 Å². The summed E-state index contributed by atoms with van der Waals surface area (Å²) in [4.78, 5) is 27.2. The molecule has 2 amide bonds. The molecule has 0 bridgehead atoms. The van der Waals surface area contributed by atoms with E-state index in [2.05, 4.69) is 0 Å². The summed E-state index contributed by atoms with van der Waals surface area (Å²) >= 11 is 0. The minimum absolute atomic E-state index is 0.0115. The van der Waals surface area contributed by atoms with Crippen LogP contribution in [-0.2, 0) is 9.53 Å². The summed E-state index contributed by atoms with van der Waals surface area (Å²) in [6.45, 7) is 1.62. The lowest BCUT2D eigenvalue weighted by atomic mass is 10.1. The summed E-state index contributed by atoms with van der Waals surface area (Å²) in [6, 6.07) is 4.15. The van der Waals surface area contributed by atoms with E-state index in [1.807, 2.05) is 0 Å². The molecule has 0 aliphatic carbocycles. The Bertz CT molecular complexity index is 556. The predicted molar refractivity (Wildman–Crippen MR) is 77.3 cm³/mol. The number of benzene rings is 1. The fourth-order valence-electron chi connectivity index (χ4n) is 2.34. The number of hydrogen-bond donors (Lipinski definition) is 0. The van der Waals surface area contributed by atoms with Crippen LogP contribution < -0.4 is 4.74 Å². The van der Waals surface area contributed by atoms with E-state index in [9.17, 15) is 14.0 Å². The molecule has 1 saturated heterocycles. The van der Waals surface area contributed by atoms with Crippen LogP contribution in [0.2, 0.25) is 0 Å². The second-order valence-corrected chi connectivity index (χ2v) is 4.95. The minimum atomic E-state index is -0.609. The van der Waals surface area contributed by atoms with Gasteiger partial charge in [-0.25, -0.2) is 4.39 Å². The molecular weight excluding hydrogens is 291 g/mol. The first-order valence-electron chi connectivity index (χ1n) is 6.96. The molecular formula is C15H19FN2O4. The third kappa shape index (κ3) is 3.54. The van der Waals surface area contributed by atoms with Gasteiger partial charge in [0.15, 0.2) is 0 Å². The van der Waals surface area contributed by atoms with Crippen molar-refractivity contribution in [3.05, 3.63) is 29.6 Å². The number of nitrogens with zero attached hydrogens (tertiary/aromatic N) is 2. The van der Waals surface area contributed by atoms with Gasteiger partial charge >= 0.3 is 0 Å². The molecule has 0 spiro atoms. The van der Waals surface area contributed by atoms with E-state index in [0.29, 0.717) is 31.9 Å². The third-order valence-corrected chi connectivity index (χ3v) is 3.59. The number of ether oxygens (including phenoxy) is 2. The topological polar surface area (TPSA) is 59.1 Å². The summed E-state index contributed by atoms with van der Waals surface area (Å²) in [5.74, 6) is -0.726. The van der Waals surface area contributed by atoms with Crippen molar-refractivity contribution in [2.45, 2.75) is 0 Å². The molecule has 1 fully saturated rings. The molecule has 2 rings (SSSR count). The Labute approximate surface area is 128 Å². The van der Waals surface area contributed by atoms with Crippen LogP contribution in [0.25, 0.3) is 0 Å². The number of amides is 2. The number of piperazine rings is 1. The summed E-state index contributed by atoms with van der Waals surface area (Å²) < 4.78 is 23.7. The van der Waals surface area contributed by atoms with E-state index in [1.54, 1.807) is 15.9 Å². The molecule has 0 aromatic heterocycles. The van der Waals surface area contributed by atoms with Crippen LogP contribution in [0.3, 0.4) is 0 Å². The first-order valence-corrected chi connectivity index (χ1v) is 6.96. The monoisotopic (exact) mass is 310 g/mol. The number of methoxy groups -OCH3 is 2. The van der Waals surface area contributed by atoms with Gasteiger partial charge in [0.2, 0.25) is 5.91 Å². The van der Waals surface area contributed by atoms with Gasteiger partial charge in [-0.2, -0.15) is 0 Å².